The average molecular weight is 259 g/mol. The molecule has 1 aromatic rings. The molecule has 0 aliphatic heterocycles. The van der Waals surface area contributed by atoms with Gasteiger partial charge < -0.3 is 0 Å². The third kappa shape index (κ3) is 4.23. The summed E-state index contributed by atoms with van der Waals surface area (Å²) in [5, 5.41) is 0. The van der Waals surface area contributed by atoms with Crippen LogP contribution >= 0.6 is 15.9 Å². The van der Waals surface area contributed by atoms with Gasteiger partial charge in [0.05, 0.1) is 0 Å². The van der Waals surface area contributed by atoms with Gasteiger partial charge in [0.15, 0.2) is 0 Å². The smallest absolute Gasteiger partial charge is 0.123 e. The van der Waals surface area contributed by atoms with Gasteiger partial charge in [0, 0.05) is 4.83 Å². The highest BCUT2D eigenvalue weighted by atomic mass is 79.9. The Labute approximate surface area is 93.7 Å². The molecule has 78 valence electrons. The second kappa shape index (κ2) is 6.18. The van der Waals surface area contributed by atoms with Crippen molar-refractivity contribution < 1.29 is 4.39 Å². The van der Waals surface area contributed by atoms with E-state index in [0.717, 1.165) is 18.4 Å². The predicted octanol–water partition coefficient (Wildman–Crippen LogP) is 4.32. The van der Waals surface area contributed by atoms with E-state index in [0.29, 0.717) is 4.83 Å². The lowest BCUT2D eigenvalue weighted by Gasteiger charge is -2.08. The number of benzene rings is 1. The molecule has 0 aliphatic carbocycles. The fourth-order valence-electron chi connectivity index (χ4n) is 1.45. The maximum absolute atomic E-state index is 12.9. The van der Waals surface area contributed by atoms with Crippen molar-refractivity contribution in [3.63, 3.8) is 0 Å². The molecule has 0 radical (unpaired) electrons. The lowest BCUT2D eigenvalue weighted by molar-refractivity contribution is 0.623. The zero-order valence-corrected chi connectivity index (χ0v) is 10.1. The molecule has 1 unspecified atom stereocenters. The van der Waals surface area contributed by atoms with Gasteiger partial charge >= 0.3 is 0 Å². The molecule has 0 spiro atoms. The molecular formula is C12H16BrF. The first-order valence-electron chi connectivity index (χ1n) is 5.11. The van der Waals surface area contributed by atoms with Crippen molar-refractivity contribution in [3.05, 3.63) is 35.6 Å². The molecule has 2 heteroatoms. The molecule has 0 heterocycles. The van der Waals surface area contributed by atoms with Gasteiger partial charge in [-0.2, -0.15) is 0 Å². The summed E-state index contributed by atoms with van der Waals surface area (Å²) in [5.41, 5.74) is 1.07. The summed E-state index contributed by atoms with van der Waals surface area (Å²) in [6.45, 7) is 2.18. The summed E-state index contributed by atoms with van der Waals surface area (Å²) in [6.07, 6.45) is 4.52. The highest BCUT2D eigenvalue weighted by Crippen LogP contribution is 2.16. The van der Waals surface area contributed by atoms with Gasteiger partial charge in [0.2, 0.25) is 0 Å². The average Bonchev–Trinajstić information content (AvgIpc) is 2.15. The summed E-state index contributed by atoms with van der Waals surface area (Å²) in [5.74, 6) is -0.141. The summed E-state index contributed by atoms with van der Waals surface area (Å²) in [4.78, 5) is 0.476. The number of halogens is 2. The Morgan fingerprint density at radius 1 is 1.43 bits per heavy atom. The van der Waals surface area contributed by atoms with Crippen LogP contribution in [0.3, 0.4) is 0 Å². The zero-order valence-electron chi connectivity index (χ0n) is 8.47. The van der Waals surface area contributed by atoms with Crippen molar-refractivity contribution in [1.29, 1.82) is 0 Å². The van der Waals surface area contributed by atoms with Crippen LogP contribution in [0.2, 0.25) is 0 Å². The Morgan fingerprint density at radius 3 is 2.86 bits per heavy atom. The van der Waals surface area contributed by atoms with E-state index >= 15 is 0 Å². The molecule has 14 heavy (non-hydrogen) atoms. The van der Waals surface area contributed by atoms with E-state index in [-0.39, 0.29) is 5.82 Å². The number of unbranched alkanes of at least 4 members (excludes halogenated alkanes) is 1. The van der Waals surface area contributed by atoms with Crippen LogP contribution < -0.4 is 0 Å². The van der Waals surface area contributed by atoms with Gasteiger partial charge in [-0.3, -0.25) is 0 Å². The molecule has 1 aromatic carbocycles. The van der Waals surface area contributed by atoms with Crippen molar-refractivity contribution in [2.24, 2.45) is 0 Å². The Balaban J connectivity index is 2.43. The molecule has 1 rings (SSSR count). The normalized spacial score (nSPS) is 12.8. The molecular weight excluding hydrogens is 243 g/mol. The first-order valence-corrected chi connectivity index (χ1v) is 6.02. The van der Waals surface area contributed by atoms with E-state index in [2.05, 4.69) is 22.9 Å². The largest absolute Gasteiger partial charge is 0.207 e. The molecule has 0 aliphatic rings. The minimum absolute atomic E-state index is 0.141. The molecule has 0 nitrogen and oxygen atoms in total. The Morgan fingerprint density at radius 2 is 2.21 bits per heavy atom. The molecule has 0 N–H and O–H groups in total. The number of hydrogen-bond donors (Lipinski definition) is 0. The molecule has 0 aromatic heterocycles. The van der Waals surface area contributed by atoms with Gasteiger partial charge in [0.25, 0.3) is 0 Å². The predicted molar refractivity (Wildman–Crippen MR) is 62.3 cm³/mol. The Hall–Kier alpha value is -0.370. The topological polar surface area (TPSA) is 0 Å². The second-order valence-corrected chi connectivity index (χ2v) is 4.87. The first kappa shape index (κ1) is 11.7. The number of rotatable bonds is 5. The van der Waals surface area contributed by atoms with Crippen LogP contribution in [0.25, 0.3) is 0 Å². The third-order valence-corrected chi connectivity index (χ3v) is 3.00. The maximum atomic E-state index is 12.9. The first-order chi connectivity index (χ1) is 6.72. The molecule has 0 fully saturated rings. The van der Waals surface area contributed by atoms with Crippen LogP contribution in [0.5, 0.6) is 0 Å². The minimum atomic E-state index is -0.141. The summed E-state index contributed by atoms with van der Waals surface area (Å²) >= 11 is 3.62. The highest BCUT2D eigenvalue weighted by Gasteiger charge is 2.05. The summed E-state index contributed by atoms with van der Waals surface area (Å²) in [6, 6.07) is 6.84. The van der Waals surface area contributed by atoms with Crippen molar-refractivity contribution in [2.75, 3.05) is 0 Å². The van der Waals surface area contributed by atoms with Gasteiger partial charge in [-0.1, -0.05) is 47.8 Å². The summed E-state index contributed by atoms with van der Waals surface area (Å²) in [7, 11) is 0. The van der Waals surface area contributed by atoms with E-state index in [4.69, 9.17) is 0 Å². The minimum Gasteiger partial charge on any atom is -0.207 e. The monoisotopic (exact) mass is 258 g/mol. The van der Waals surface area contributed by atoms with Crippen LogP contribution in [-0.4, -0.2) is 4.83 Å². The molecule has 0 saturated heterocycles. The molecule has 0 amide bonds. The standard InChI is InChI=1S/C12H16BrF/c1-2-3-6-11(13)8-10-5-4-7-12(14)9-10/h4-5,7,9,11H,2-3,6,8H2,1H3. The van der Waals surface area contributed by atoms with Crippen LogP contribution in [0, 0.1) is 5.82 Å². The van der Waals surface area contributed by atoms with E-state index in [1.807, 2.05) is 6.07 Å². The lowest BCUT2D eigenvalue weighted by Crippen LogP contribution is -2.02. The van der Waals surface area contributed by atoms with E-state index in [1.54, 1.807) is 12.1 Å². The molecule has 0 saturated carbocycles. The third-order valence-electron chi connectivity index (χ3n) is 2.22. The maximum Gasteiger partial charge on any atom is 0.123 e. The van der Waals surface area contributed by atoms with Crippen LogP contribution in [-0.2, 0) is 6.42 Å². The molecule has 0 bridgehead atoms. The van der Waals surface area contributed by atoms with Gasteiger partial charge in [-0.05, 0) is 30.5 Å². The zero-order chi connectivity index (χ0) is 10.4. The second-order valence-electron chi connectivity index (χ2n) is 3.57. The van der Waals surface area contributed by atoms with Crippen LogP contribution in [0.15, 0.2) is 24.3 Å². The van der Waals surface area contributed by atoms with Gasteiger partial charge in [-0.15, -0.1) is 0 Å². The summed E-state index contributed by atoms with van der Waals surface area (Å²) < 4.78 is 12.9. The van der Waals surface area contributed by atoms with Crippen LogP contribution in [0.4, 0.5) is 4.39 Å². The fourth-order valence-corrected chi connectivity index (χ4v) is 2.14. The van der Waals surface area contributed by atoms with E-state index < -0.39 is 0 Å². The van der Waals surface area contributed by atoms with Crippen molar-refractivity contribution in [1.82, 2.24) is 0 Å². The fraction of sp³-hybridized carbons (Fsp3) is 0.500. The van der Waals surface area contributed by atoms with E-state index in [9.17, 15) is 4.39 Å². The molecule has 1 atom stereocenters. The quantitative estimate of drug-likeness (QED) is 0.691. The van der Waals surface area contributed by atoms with Gasteiger partial charge in [0.1, 0.15) is 5.82 Å². The van der Waals surface area contributed by atoms with Crippen LogP contribution in [0.1, 0.15) is 31.7 Å². The number of hydrogen-bond acceptors (Lipinski definition) is 0. The van der Waals surface area contributed by atoms with Crippen molar-refractivity contribution in [2.45, 2.75) is 37.4 Å². The lowest BCUT2D eigenvalue weighted by atomic mass is 10.1. The van der Waals surface area contributed by atoms with Gasteiger partial charge in [-0.25, -0.2) is 4.39 Å². The SMILES string of the molecule is CCCCC(Br)Cc1cccc(F)c1. The Kier molecular flexibility index (Phi) is 5.16. The van der Waals surface area contributed by atoms with E-state index in [1.165, 1.54) is 18.9 Å². The highest BCUT2D eigenvalue weighted by molar-refractivity contribution is 9.09. The Bertz CT molecular complexity index is 273. The number of alkyl halides is 1. The van der Waals surface area contributed by atoms with Crippen molar-refractivity contribution >= 4 is 15.9 Å². The van der Waals surface area contributed by atoms with Crippen molar-refractivity contribution in [3.8, 4) is 0 Å².